The number of carbonyl (C=O) groups excluding carboxylic acids is 2. The second kappa shape index (κ2) is 7.27. The van der Waals surface area contributed by atoms with Gasteiger partial charge in [0.15, 0.2) is 0 Å². The summed E-state index contributed by atoms with van der Waals surface area (Å²) in [5, 5.41) is 2.19. The molecule has 136 valence electrons. The smallest absolute Gasteiger partial charge is 0.256 e. The number of carbonyl (C=O) groups is 2. The molecule has 0 spiro atoms. The number of hydrogen-bond acceptors (Lipinski definition) is 6. The van der Waals surface area contributed by atoms with Crippen LogP contribution in [0.5, 0.6) is 11.5 Å². The number of primary amides is 1. The van der Waals surface area contributed by atoms with Crippen LogP contribution in [-0.2, 0) is 4.79 Å². The first-order valence-corrected chi connectivity index (χ1v) is 8.72. The molecule has 0 saturated heterocycles. The Morgan fingerprint density at radius 1 is 1.08 bits per heavy atom. The van der Waals surface area contributed by atoms with Crippen molar-refractivity contribution in [3.05, 3.63) is 47.5 Å². The minimum absolute atomic E-state index is 0.307. The molecule has 0 aromatic heterocycles. The zero-order valence-corrected chi connectivity index (χ0v) is 15.1. The third-order valence-corrected chi connectivity index (χ3v) is 5.61. The highest BCUT2D eigenvalue weighted by Gasteiger charge is 2.39. The fraction of sp³-hybridized carbons (Fsp3) is 0.222. The number of amides is 2. The number of nitrogens with one attached hydrogen (secondary N) is 1. The van der Waals surface area contributed by atoms with Crippen molar-refractivity contribution in [1.82, 2.24) is 0 Å². The summed E-state index contributed by atoms with van der Waals surface area (Å²) in [6.45, 7) is 0. The van der Waals surface area contributed by atoms with Gasteiger partial charge in [-0.25, -0.2) is 0 Å². The van der Waals surface area contributed by atoms with Crippen molar-refractivity contribution >= 4 is 29.3 Å². The van der Waals surface area contributed by atoms with Gasteiger partial charge in [-0.2, -0.15) is 0 Å². The lowest BCUT2D eigenvalue weighted by Crippen LogP contribution is -2.32. The van der Waals surface area contributed by atoms with E-state index in [0.29, 0.717) is 33.2 Å². The zero-order valence-electron chi connectivity index (χ0n) is 14.3. The van der Waals surface area contributed by atoms with E-state index in [0.717, 1.165) is 0 Å². The summed E-state index contributed by atoms with van der Waals surface area (Å²) < 4.78 is 10.4. The Morgan fingerprint density at radius 2 is 1.77 bits per heavy atom. The fourth-order valence-corrected chi connectivity index (χ4v) is 4.14. The van der Waals surface area contributed by atoms with E-state index in [2.05, 4.69) is 5.32 Å². The Labute approximate surface area is 155 Å². The molecule has 0 bridgehead atoms. The second-order valence-electron chi connectivity index (χ2n) is 5.71. The number of fused-ring (bicyclic) bond motifs is 1. The van der Waals surface area contributed by atoms with Crippen molar-refractivity contribution in [2.24, 2.45) is 11.5 Å². The molecule has 2 unspecified atom stereocenters. The average Bonchev–Trinajstić information content (AvgIpc) is 2.99. The minimum atomic E-state index is -0.645. The molecule has 7 nitrogen and oxygen atoms in total. The molecule has 0 fully saturated rings. The predicted molar refractivity (Wildman–Crippen MR) is 99.7 cm³/mol. The Bertz CT molecular complexity index is 854. The number of anilines is 1. The Morgan fingerprint density at radius 3 is 2.35 bits per heavy atom. The maximum Gasteiger partial charge on any atom is 0.256 e. The van der Waals surface area contributed by atoms with Crippen LogP contribution >= 0.6 is 11.8 Å². The Balaban J connectivity index is 1.93. The average molecular weight is 373 g/mol. The van der Waals surface area contributed by atoms with Crippen molar-refractivity contribution < 1.29 is 19.1 Å². The molecule has 1 aliphatic heterocycles. The van der Waals surface area contributed by atoms with Crippen molar-refractivity contribution in [2.75, 3.05) is 19.5 Å². The molecular weight excluding hydrogens is 354 g/mol. The molecule has 0 aliphatic carbocycles. The highest BCUT2D eigenvalue weighted by molar-refractivity contribution is 8.01. The van der Waals surface area contributed by atoms with E-state index in [9.17, 15) is 9.59 Å². The molecular formula is C18H19N3O4S. The van der Waals surface area contributed by atoms with Gasteiger partial charge in [-0.15, -0.1) is 11.8 Å². The maximum absolute atomic E-state index is 12.8. The number of nitrogens with two attached hydrogens (primary N) is 2. The molecule has 3 rings (SSSR count). The fourth-order valence-electron chi connectivity index (χ4n) is 2.84. The molecule has 0 radical (unpaired) electrons. The molecule has 2 atom stereocenters. The molecule has 8 heteroatoms. The SMILES string of the molecule is COc1ccc(NC(=O)c2ccc(OC)c3c2SC(C(N)=O)C3N)cc1. The van der Waals surface area contributed by atoms with Gasteiger partial charge in [0.1, 0.15) is 16.7 Å². The maximum atomic E-state index is 12.8. The lowest BCUT2D eigenvalue weighted by Gasteiger charge is -2.14. The van der Waals surface area contributed by atoms with E-state index in [1.54, 1.807) is 43.5 Å². The summed E-state index contributed by atoms with van der Waals surface area (Å²) in [7, 11) is 3.09. The first kappa shape index (κ1) is 18.1. The van der Waals surface area contributed by atoms with Crippen molar-refractivity contribution in [1.29, 1.82) is 0 Å². The number of benzene rings is 2. The number of methoxy groups -OCH3 is 2. The third kappa shape index (κ3) is 3.21. The number of hydrogen-bond donors (Lipinski definition) is 3. The summed E-state index contributed by atoms with van der Waals surface area (Å²) in [6, 6.07) is 9.68. The van der Waals surface area contributed by atoms with Crippen molar-refractivity contribution in [2.45, 2.75) is 16.2 Å². The van der Waals surface area contributed by atoms with Crippen LogP contribution in [0.25, 0.3) is 0 Å². The topological polar surface area (TPSA) is 117 Å². The van der Waals surface area contributed by atoms with Gasteiger partial charge >= 0.3 is 0 Å². The molecule has 0 saturated carbocycles. The monoisotopic (exact) mass is 373 g/mol. The standard InChI is InChI=1S/C18H19N3O4S/c1-24-10-5-3-9(4-6-10)21-18(23)11-7-8-12(25-2)13-14(19)16(17(20)22)26-15(11)13/h3-8,14,16H,19H2,1-2H3,(H2,20,22)(H,21,23). The number of ether oxygens (including phenoxy) is 2. The Hall–Kier alpha value is -2.71. The van der Waals surface area contributed by atoms with Gasteiger partial charge in [0.25, 0.3) is 5.91 Å². The van der Waals surface area contributed by atoms with Gasteiger partial charge in [-0.05, 0) is 36.4 Å². The van der Waals surface area contributed by atoms with Crippen LogP contribution < -0.4 is 26.3 Å². The number of thioether (sulfide) groups is 1. The highest BCUT2D eigenvalue weighted by Crippen LogP contribution is 2.48. The summed E-state index contributed by atoms with van der Waals surface area (Å²) in [5.41, 5.74) is 13.3. The van der Waals surface area contributed by atoms with E-state index < -0.39 is 17.2 Å². The molecule has 2 aromatic carbocycles. The van der Waals surface area contributed by atoms with Crippen LogP contribution in [0.3, 0.4) is 0 Å². The van der Waals surface area contributed by atoms with Crippen LogP contribution in [-0.4, -0.2) is 31.3 Å². The van der Waals surface area contributed by atoms with Gasteiger partial charge in [0, 0.05) is 16.1 Å². The quantitative estimate of drug-likeness (QED) is 0.737. The molecule has 5 N–H and O–H groups in total. The summed E-state index contributed by atoms with van der Waals surface area (Å²) in [5.74, 6) is 0.394. The van der Waals surface area contributed by atoms with Gasteiger partial charge in [0.2, 0.25) is 5.91 Å². The molecule has 1 aliphatic rings. The molecule has 1 heterocycles. The zero-order chi connectivity index (χ0) is 18.8. The second-order valence-corrected chi connectivity index (χ2v) is 6.86. The van der Waals surface area contributed by atoms with E-state index in [1.807, 2.05) is 0 Å². The normalized spacial score (nSPS) is 18.1. The van der Waals surface area contributed by atoms with E-state index in [4.69, 9.17) is 20.9 Å². The molecule has 26 heavy (non-hydrogen) atoms. The van der Waals surface area contributed by atoms with E-state index in [1.165, 1.54) is 18.9 Å². The van der Waals surface area contributed by atoms with E-state index >= 15 is 0 Å². The van der Waals surface area contributed by atoms with Gasteiger partial charge < -0.3 is 26.3 Å². The number of rotatable bonds is 5. The highest BCUT2D eigenvalue weighted by atomic mass is 32.2. The van der Waals surface area contributed by atoms with Gasteiger partial charge in [0.05, 0.1) is 25.8 Å². The summed E-state index contributed by atoms with van der Waals surface area (Å²) >= 11 is 1.19. The molecule has 2 aromatic rings. The van der Waals surface area contributed by atoms with Crippen molar-refractivity contribution in [3.63, 3.8) is 0 Å². The van der Waals surface area contributed by atoms with Gasteiger partial charge in [-0.1, -0.05) is 0 Å². The molecule has 2 amide bonds. The lowest BCUT2D eigenvalue weighted by atomic mass is 10.00. The van der Waals surface area contributed by atoms with Crippen LogP contribution in [0.2, 0.25) is 0 Å². The van der Waals surface area contributed by atoms with Crippen molar-refractivity contribution in [3.8, 4) is 11.5 Å². The Kier molecular flexibility index (Phi) is 5.06. The van der Waals surface area contributed by atoms with Crippen LogP contribution in [0.4, 0.5) is 5.69 Å². The van der Waals surface area contributed by atoms with E-state index in [-0.39, 0.29) is 5.91 Å². The van der Waals surface area contributed by atoms with Crippen LogP contribution in [0.1, 0.15) is 22.0 Å². The minimum Gasteiger partial charge on any atom is -0.497 e. The van der Waals surface area contributed by atoms with Crippen LogP contribution in [0, 0.1) is 0 Å². The summed E-state index contributed by atoms with van der Waals surface area (Å²) in [6.07, 6.45) is 0. The third-order valence-electron chi connectivity index (χ3n) is 4.15. The first-order chi connectivity index (χ1) is 12.5. The summed E-state index contributed by atoms with van der Waals surface area (Å²) in [4.78, 5) is 25.1. The predicted octanol–water partition coefficient (Wildman–Crippen LogP) is 1.92. The lowest BCUT2D eigenvalue weighted by molar-refractivity contribution is -0.117. The first-order valence-electron chi connectivity index (χ1n) is 7.84. The van der Waals surface area contributed by atoms with Crippen LogP contribution in [0.15, 0.2) is 41.3 Å². The van der Waals surface area contributed by atoms with Gasteiger partial charge in [-0.3, -0.25) is 9.59 Å². The largest absolute Gasteiger partial charge is 0.497 e.